The highest BCUT2D eigenvalue weighted by Crippen LogP contribution is 2.35. The second kappa shape index (κ2) is 26.8. The molecule has 0 aliphatic rings. The first-order chi connectivity index (χ1) is 25.1. The van der Waals surface area contributed by atoms with Crippen molar-refractivity contribution in [1.82, 2.24) is 0 Å². The Morgan fingerprint density at radius 1 is 0.549 bits per heavy atom. The van der Waals surface area contributed by atoms with Gasteiger partial charge in [0.15, 0.2) is 0 Å². The molecule has 0 heterocycles. The minimum absolute atomic E-state index is 0.0187. The number of hydrogen-bond donors (Lipinski definition) is 0. The highest BCUT2D eigenvalue weighted by molar-refractivity contribution is 5.91. The lowest BCUT2D eigenvalue weighted by molar-refractivity contribution is 0.0627. The van der Waals surface area contributed by atoms with Crippen LogP contribution in [0, 0.1) is 0 Å². The van der Waals surface area contributed by atoms with Crippen LogP contribution in [-0.4, -0.2) is 12.6 Å². The van der Waals surface area contributed by atoms with Gasteiger partial charge >= 0.3 is 5.97 Å². The van der Waals surface area contributed by atoms with Crippen LogP contribution in [0.4, 0.5) is 0 Å². The molecule has 3 rings (SSSR count). The van der Waals surface area contributed by atoms with Crippen LogP contribution in [0.2, 0.25) is 0 Å². The number of benzene rings is 3. The molecule has 3 nitrogen and oxygen atoms in total. The summed E-state index contributed by atoms with van der Waals surface area (Å²) in [4.78, 5) is 13.1. The minimum atomic E-state index is -0.332. The van der Waals surface area contributed by atoms with Crippen molar-refractivity contribution in [2.24, 2.45) is 0 Å². The number of rotatable bonds is 29. The van der Waals surface area contributed by atoms with Gasteiger partial charge in [-0.15, -0.1) is 0 Å². The molecule has 3 aromatic rings. The maximum Gasteiger partial charge on any atom is 0.343 e. The van der Waals surface area contributed by atoms with Crippen molar-refractivity contribution < 1.29 is 14.3 Å². The zero-order valence-corrected chi connectivity index (χ0v) is 33.1. The molecule has 0 fully saturated rings. The normalized spacial score (nSPS) is 12.5. The lowest BCUT2D eigenvalue weighted by Gasteiger charge is -2.21. The molecule has 2 atom stereocenters. The van der Waals surface area contributed by atoms with Crippen LogP contribution in [-0.2, 0) is 4.74 Å². The number of carbonyl (C=O) groups excluding carboxylic acids is 1. The Kier molecular flexibility index (Phi) is 22.3. The summed E-state index contributed by atoms with van der Waals surface area (Å²) in [6.45, 7) is 9.74. The average Bonchev–Trinajstić information content (AvgIpc) is 3.16. The molecule has 0 amide bonds. The summed E-state index contributed by atoms with van der Waals surface area (Å²) >= 11 is 0. The highest BCUT2D eigenvalue weighted by Gasteiger charge is 2.17. The average molecular weight is 697 g/mol. The monoisotopic (exact) mass is 697 g/mol. The number of ether oxygens (including phenoxy) is 2. The Bertz CT molecular complexity index is 1290. The molecule has 3 aromatic carbocycles. The van der Waals surface area contributed by atoms with Gasteiger partial charge in [0.2, 0.25) is 0 Å². The predicted octanol–water partition coefficient (Wildman–Crippen LogP) is 15.4. The van der Waals surface area contributed by atoms with Gasteiger partial charge < -0.3 is 9.47 Å². The number of hydrogen-bond acceptors (Lipinski definition) is 3. The Morgan fingerprint density at radius 3 is 1.65 bits per heavy atom. The van der Waals surface area contributed by atoms with Crippen molar-refractivity contribution in [2.75, 3.05) is 6.61 Å². The molecule has 0 N–H and O–H groups in total. The van der Waals surface area contributed by atoms with Gasteiger partial charge in [0.25, 0.3) is 0 Å². The van der Waals surface area contributed by atoms with E-state index in [1.807, 2.05) is 36.4 Å². The fourth-order valence-corrected chi connectivity index (χ4v) is 7.33. The topological polar surface area (TPSA) is 35.5 Å². The van der Waals surface area contributed by atoms with E-state index in [1.165, 1.54) is 146 Å². The Morgan fingerprint density at radius 2 is 1.08 bits per heavy atom. The van der Waals surface area contributed by atoms with E-state index in [9.17, 15) is 4.79 Å². The van der Waals surface area contributed by atoms with Gasteiger partial charge in [-0.25, -0.2) is 4.79 Å². The van der Waals surface area contributed by atoms with Crippen molar-refractivity contribution in [3.63, 3.8) is 0 Å². The molecular formula is C48H72O3. The fraction of sp³-hybridized carbons (Fsp3) is 0.604. The summed E-state index contributed by atoms with van der Waals surface area (Å²) in [7, 11) is 0. The van der Waals surface area contributed by atoms with E-state index in [1.54, 1.807) is 0 Å². The van der Waals surface area contributed by atoms with Crippen LogP contribution in [0.25, 0.3) is 11.1 Å². The summed E-state index contributed by atoms with van der Waals surface area (Å²) < 4.78 is 11.9. The molecule has 0 aromatic heterocycles. The summed E-state index contributed by atoms with van der Waals surface area (Å²) in [6.07, 6.45) is 29.2. The van der Waals surface area contributed by atoms with E-state index in [0.717, 1.165) is 24.2 Å². The first-order valence-corrected chi connectivity index (χ1v) is 21.2. The molecule has 0 saturated carbocycles. The molecule has 0 radical (unpaired) electrons. The highest BCUT2D eigenvalue weighted by atomic mass is 16.5. The second-order valence-electron chi connectivity index (χ2n) is 14.9. The van der Waals surface area contributed by atoms with E-state index in [2.05, 4.69) is 64.1 Å². The standard InChI is InChI=1S/C48H72O3/c1-5-8-10-12-14-15-16-17-18-19-20-22-26-39-50-40(4)41-35-37-45(38-36-41)51-48(49)44-33-31-43(32-34-44)47-30-25-24-29-46(47)42(27-7-3)28-23-21-13-11-9-6-2/h24-25,29-38,40,42H,5-23,26-28,39H2,1-4H3. The van der Waals surface area contributed by atoms with Gasteiger partial charge in [0.05, 0.1) is 11.7 Å². The summed E-state index contributed by atoms with van der Waals surface area (Å²) in [5, 5.41) is 0. The molecule has 282 valence electrons. The van der Waals surface area contributed by atoms with Crippen LogP contribution in [0.15, 0.2) is 72.8 Å². The Hall–Kier alpha value is -2.91. The molecule has 3 heteroatoms. The van der Waals surface area contributed by atoms with E-state index < -0.39 is 0 Å². The van der Waals surface area contributed by atoms with Crippen LogP contribution < -0.4 is 4.74 Å². The van der Waals surface area contributed by atoms with Crippen molar-refractivity contribution in [3.05, 3.63) is 89.5 Å². The van der Waals surface area contributed by atoms with Crippen molar-refractivity contribution >= 4 is 5.97 Å². The zero-order chi connectivity index (χ0) is 36.4. The molecule has 2 unspecified atom stereocenters. The van der Waals surface area contributed by atoms with E-state index in [4.69, 9.17) is 9.47 Å². The first kappa shape index (κ1) is 42.5. The predicted molar refractivity (Wildman–Crippen MR) is 219 cm³/mol. The third-order valence-corrected chi connectivity index (χ3v) is 10.6. The van der Waals surface area contributed by atoms with Crippen molar-refractivity contribution in [3.8, 4) is 16.9 Å². The summed E-state index contributed by atoms with van der Waals surface area (Å²) in [5.74, 6) is 0.789. The summed E-state index contributed by atoms with van der Waals surface area (Å²) in [6, 6.07) is 24.6. The van der Waals surface area contributed by atoms with Crippen LogP contribution in [0.3, 0.4) is 0 Å². The van der Waals surface area contributed by atoms with Gasteiger partial charge in [-0.05, 0) is 78.6 Å². The minimum Gasteiger partial charge on any atom is -0.423 e. The van der Waals surface area contributed by atoms with Crippen molar-refractivity contribution in [1.29, 1.82) is 0 Å². The van der Waals surface area contributed by atoms with E-state index >= 15 is 0 Å². The first-order valence-electron chi connectivity index (χ1n) is 21.2. The third kappa shape index (κ3) is 17.0. The third-order valence-electron chi connectivity index (χ3n) is 10.6. The number of carbonyl (C=O) groups is 1. The van der Waals surface area contributed by atoms with Crippen LogP contribution in [0.1, 0.15) is 202 Å². The SMILES string of the molecule is CCCCCCCCCCCCCCCOC(C)c1ccc(OC(=O)c2ccc(-c3ccccc3C(CCC)CCCCCCCC)cc2)cc1. The van der Waals surface area contributed by atoms with Gasteiger partial charge in [-0.2, -0.15) is 0 Å². The molecule has 0 bridgehead atoms. The summed E-state index contributed by atoms with van der Waals surface area (Å²) in [5.41, 5.74) is 5.54. The van der Waals surface area contributed by atoms with Gasteiger partial charge in [-0.3, -0.25) is 0 Å². The number of esters is 1. The van der Waals surface area contributed by atoms with E-state index in [-0.39, 0.29) is 12.1 Å². The molecule has 0 spiro atoms. The second-order valence-corrected chi connectivity index (χ2v) is 14.9. The molecule has 0 aliphatic heterocycles. The maximum absolute atomic E-state index is 13.1. The van der Waals surface area contributed by atoms with Crippen LogP contribution >= 0.6 is 0 Å². The lowest BCUT2D eigenvalue weighted by atomic mass is 9.84. The lowest BCUT2D eigenvalue weighted by Crippen LogP contribution is -2.08. The quantitative estimate of drug-likeness (QED) is 0.0412. The Labute approximate surface area is 313 Å². The van der Waals surface area contributed by atoms with Crippen molar-refractivity contribution in [2.45, 2.75) is 181 Å². The molecular weight excluding hydrogens is 625 g/mol. The Balaban J connectivity index is 1.39. The van der Waals surface area contributed by atoms with E-state index in [0.29, 0.717) is 17.2 Å². The van der Waals surface area contributed by atoms with Gasteiger partial charge in [0.1, 0.15) is 5.75 Å². The van der Waals surface area contributed by atoms with Crippen LogP contribution in [0.5, 0.6) is 5.75 Å². The fourth-order valence-electron chi connectivity index (χ4n) is 7.33. The smallest absolute Gasteiger partial charge is 0.343 e. The van der Waals surface area contributed by atoms with Gasteiger partial charge in [-0.1, -0.05) is 191 Å². The van der Waals surface area contributed by atoms with Gasteiger partial charge in [0, 0.05) is 6.61 Å². The zero-order valence-electron chi connectivity index (χ0n) is 33.1. The molecule has 0 aliphatic carbocycles. The molecule has 0 saturated heterocycles. The largest absolute Gasteiger partial charge is 0.423 e. The number of unbranched alkanes of at least 4 members (excludes halogenated alkanes) is 17. The maximum atomic E-state index is 13.1. The molecule has 51 heavy (non-hydrogen) atoms.